The number of allylic oxidation sites excluding steroid dienone is 2. The van der Waals surface area contributed by atoms with Gasteiger partial charge in [-0.2, -0.15) is 0 Å². The molecule has 1 aromatic rings. The Bertz CT molecular complexity index is 708. The average molecular weight is 345 g/mol. The fourth-order valence-corrected chi connectivity index (χ4v) is 3.84. The number of carbonyl (C=O) groups is 1. The van der Waals surface area contributed by atoms with Crippen LogP contribution in [0.4, 0.5) is 4.39 Å². The number of aliphatic carboxylic acids is 1. The summed E-state index contributed by atoms with van der Waals surface area (Å²) in [4.78, 5) is 13.3. The minimum absolute atomic E-state index is 0.167. The molecule has 5 heteroatoms. The number of likely N-dealkylation sites (N-methyl/N-ethyl adjacent to an activating group) is 1. The summed E-state index contributed by atoms with van der Waals surface area (Å²) in [7, 11) is 3.99. The number of hydrogen-bond donors (Lipinski definition) is 1. The SMILES string of the molecule is CN(C)CCO[C@@]1(c2ccc(F)cc2)CCC2CC(C(=O)O)=CC=C21. The van der Waals surface area contributed by atoms with Crippen molar-refractivity contribution < 1.29 is 19.0 Å². The van der Waals surface area contributed by atoms with Gasteiger partial charge in [0.25, 0.3) is 0 Å². The lowest BCUT2D eigenvalue weighted by Crippen LogP contribution is -2.33. The van der Waals surface area contributed by atoms with Crippen LogP contribution in [0.1, 0.15) is 24.8 Å². The molecule has 0 amide bonds. The lowest BCUT2D eigenvalue weighted by molar-refractivity contribution is -0.132. The number of rotatable bonds is 6. The van der Waals surface area contributed by atoms with Crippen LogP contribution in [0.2, 0.25) is 0 Å². The van der Waals surface area contributed by atoms with Gasteiger partial charge >= 0.3 is 5.97 Å². The number of hydrogen-bond acceptors (Lipinski definition) is 3. The number of carboxylic acid groups (broad SMARTS) is 1. The largest absolute Gasteiger partial charge is 0.478 e. The molecule has 0 spiro atoms. The second-order valence-corrected chi connectivity index (χ2v) is 7.04. The van der Waals surface area contributed by atoms with Crippen molar-refractivity contribution in [3.05, 3.63) is 58.9 Å². The lowest BCUT2D eigenvalue weighted by Gasteiger charge is -2.34. The van der Waals surface area contributed by atoms with Gasteiger partial charge in [-0.15, -0.1) is 0 Å². The molecule has 2 aliphatic carbocycles. The van der Waals surface area contributed by atoms with Gasteiger partial charge in [0.1, 0.15) is 11.4 Å². The van der Waals surface area contributed by atoms with Crippen LogP contribution >= 0.6 is 0 Å². The molecule has 3 rings (SSSR count). The Morgan fingerprint density at radius 1 is 1.32 bits per heavy atom. The highest BCUT2D eigenvalue weighted by atomic mass is 19.1. The topological polar surface area (TPSA) is 49.8 Å². The number of fused-ring (bicyclic) bond motifs is 1. The molecular weight excluding hydrogens is 321 g/mol. The lowest BCUT2D eigenvalue weighted by atomic mass is 9.81. The van der Waals surface area contributed by atoms with Gasteiger partial charge in [0, 0.05) is 12.1 Å². The number of nitrogens with zero attached hydrogens (tertiary/aromatic N) is 1. The van der Waals surface area contributed by atoms with E-state index in [0.29, 0.717) is 18.6 Å². The summed E-state index contributed by atoms with van der Waals surface area (Å²) in [6.07, 6.45) is 5.77. The molecule has 1 N–H and O–H groups in total. The van der Waals surface area contributed by atoms with Crippen LogP contribution in [0, 0.1) is 11.7 Å². The monoisotopic (exact) mass is 345 g/mol. The Labute approximate surface area is 147 Å². The number of halogens is 1. The van der Waals surface area contributed by atoms with Crippen LogP contribution < -0.4 is 0 Å². The molecule has 0 radical (unpaired) electrons. The quantitative estimate of drug-likeness (QED) is 0.859. The van der Waals surface area contributed by atoms with E-state index >= 15 is 0 Å². The maximum Gasteiger partial charge on any atom is 0.331 e. The van der Waals surface area contributed by atoms with E-state index in [1.54, 1.807) is 18.2 Å². The molecule has 1 saturated carbocycles. The van der Waals surface area contributed by atoms with Gasteiger partial charge < -0.3 is 14.7 Å². The highest BCUT2D eigenvalue weighted by Gasteiger charge is 2.47. The molecule has 1 unspecified atom stereocenters. The van der Waals surface area contributed by atoms with Crippen molar-refractivity contribution in [1.29, 1.82) is 0 Å². The first-order chi connectivity index (χ1) is 11.9. The first-order valence-corrected chi connectivity index (χ1v) is 8.61. The third-order valence-corrected chi connectivity index (χ3v) is 5.15. The van der Waals surface area contributed by atoms with Crippen molar-refractivity contribution >= 4 is 5.97 Å². The molecular formula is C20H24FNO3. The van der Waals surface area contributed by atoms with Crippen molar-refractivity contribution in [1.82, 2.24) is 4.90 Å². The standard InChI is InChI=1S/C20H24FNO3/c1-22(2)11-12-25-20(16-4-6-17(21)7-5-16)10-9-14-13-15(19(23)24)3-8-18(14)20/h3-8,14H,9-13H2,1-2H3,(H,23,24)/t14?,20-/m1/s1. The van der Waals surface area contributed by atoms with E-state index in [4.69, 9.17) is 4.74 Å². The van der Waals surface area contributed by atoms with Gasteiger partial charge in [-0.3, -0.25) is 0 Å². The summed E-state index contributed by atoms with van der Waals surface area (Å²) in [5.74, 6) is -0.962. The number of benzene rings is 1. The smallest absolute Gasteiger partial charge is 0.331 e. The summed E-state index contributed by atoms with van der Waals surface area (Å²) < 4.78 is 19.8. The predicted molar refractivity (Wildman–Crippen MR) is 93.7 cm³/mol. The third-order valence-electron chi connectivity index (χ3n) is 5.15. The molecule has 0 bridgehead atoms. The van der Waals surface area contributed by atoms with Gasteiger partial charge in [-0.25, -0.2) is 9.18 Å². The van der Waals surface area contributed by atoms with Crippen LogP contribution in [0.25, 0.3) is 0 Å². The maximum atomic E-state index is 13.4. The van der Waals surface area contributed by atoms with Crippen molar-refractivity contribution in [2.75, 3.05) is 27.2 Å². The Kier molecular flexibility index (Phi) is 5.06. The van der Waals surface area contributed by atoms with E-state index in [0.717, 1.165) is 30.5 Å². The Morgan fingerprint density at radius 2 is 2.04 bits per heavy atom. The molecule has 134 valence electrons. The zero-order chi connectivity index (χ0) is 18.0. The molecule has 1 aromatic carbocycles. The molecule has 0 saturated heterocycles. The highest BCUT2D eigenvalue weighted by molar-refractivity contribution is 5.87. The van der Waals surface area contributed by atoms with E-state index in [-0.39, 0.29) is 11.7 Å². The minimum Gasteiger partial charge on any atom is -0.478 e. The first-order valence-electron chi connectivity index (χ1n) is 8.61. The summed E-state index contributed by atoms with van der Waals surface area (Å²) in [6.45, 7) is 1.35. The number of carboxylic acids is 1. The van der Waals surface area contributed by atoms with E-state index in [1.807, 2.05) is 20.2 Å². The van der Waals surface area contributed by atoms with Gasteiger partial charge in [0.05, 0.1) is 6.61 Å². The van der Waals surface area contributed by atoms with Crippen molar-refractivity contribution in [3.63, 3.8) is 0 Å². The van der Waals surface area contributed by atoms with Gasteiger partial charge in [-0.1, -0.05) is 24.3 Å². The highest BCUT2D eigenvalue weighted by Crippen LogP contribution is 2.52. The zero-order valence-corrected chi connectivity index (χ0v) is 14.7. The fourth-order valence-electron chi connectivity index (χ4n) is 3.84. The molecule has 0 aliphatic heterocycles. The Hall–Kier alpha value is -1.98. The molecule has 25 heavy (non-hydrogen) atoms. The predicted octanol–water partition coefficient (Wildman–Crippen LogP) is 3.35. The first kappa shape index (κ1) is 17.8. The van der Waals surface area contributed by atoms with E-state index in [2.05, 4.69) is 4.90 Å². The van der Waals surface area contributed by atoms with Crippen molar-refractivity contribution in [2.45, 2.75) is 24.9 Å². The van der Waals surface area contributed by atoms with Gasteiger partial charge in [0.2, 0.25) is 0 Å². The summed E-state index contributed by atoms with van der Waals surface area (Å²) in [5.41, 5.74) is 1.91. The fraction of sp³-hybridized carbons (Fsp3) is 0.450. The molecule has 0 heterocycles. The van der Waals surface area contributed by atoms with Crippen molar-refractivity contribution in [3.8, 4) is 0 Å². The minimum atomic E-state index is -0.858. The molecule has 1 fully saturated rings. The maximum absolute atomic E-state index is 13.4. The normalized spacial score (nSPS) is 25.5. The summed E-state index contributed by atoms with van der Waals surface area (Å²) in [5, 5.41) is 9.26. The van der Waals surface area contributed by atoms with Gasteiger partial charge in [-0.05, 0) is 62.5 Å². The van der Waals surface area contributed by atoms with Gasteiger partial charge in [0.15, 0.2) is 0 Å². The molecule has 2 atom stereocenters. The molecule has 4 nitrogen and oxygen atoms in total. The van der Waals surface area contributed by atoms with Crippen molar-refractivity contribution in [2.24, 2.45) is 5.92 Å². The number of ether oxygens (including phenoxy) is 1. The van der Waals surface area contributed by atoms with E-state index in [9.17, 15) is 14.3 Å². The Balaban J connectivity index is 1.97. The van der Waals surface area contributed by atoms with Crippen LogP contribution in [0.15, 0.2) is 47.6 Å². The summed E-state index contributed by atoms with van der Waals surface area (Å²) in [6, 6.07) is 6.48. The average Bonchev–Trinajstić information content (AvgIpc) is 2.94. The molecule has 0 aromatic heterocycles. The van der Waals surface area contributed by atoms with Crippen LogP contribution in [0.3, 0.4) is 0 Å². The van der Waals surface area contributed by atoms with Crippen LogP contribution in [0.5, 0.6) is 0 Å². The third kappa shape index (κ3) is 3.53. The zero-order valence-electron chi connectivity index (χ0n) is 14.7. The molecule has 2 aliphatic rings. The van der Waals surface area contributed by atoms with Crippen LogP contribution in [-0.2, 0) is 15.1 Å². The van der Waals surface area contributed by atoms with Crippen LogP contribution in [-0.4, -0.2) is 43.2 Å². The second kappa shape index (κ2) is 7.10. The van der Waals surface area contributed by atoms with E-state index in [1.165, 1.54) is 12.1 Å². The Morgan fingerprint density at radius 3 is 2.68 bits per heavy atom. The second-order valence-electron chi connectivity index (χ2n) is 7.04. The summed E-state index contributed by atoms with van der Waals surface area (Å²) >= 11 is 0. The van der Waals surface area contributed by atoms with E-state index < -0.39 is 11.6 Å².